The third-order valence-electron chi connectivity index (χ3n) is 3.12. The highest BCUT2D eigenvalue weighted by Crippen LogP contribution is 2.10. The second kappa shape index (κ2) is 5.78. The molecular weight excluding hydrogens is 220 g/mol. The van der Waals surface area contributed by atoms with E-state index in [4.69, 9.17) is 0 Å². The minimum atomic E-state index is 0.862. The lowest BCUT2D eigenvalue weighted by Gasteiger charge is -2.08. The number of aryl methyl sites for hydroxylation is 3. The summed E-state index contributed by atoms with van der Waals surface area (Å²) in [5, 5.41) is 3.46. The highest BCUT2D eigenvalue weighted by atomic mass is 14.9. The van der Waals surface area contributed by atoms with Gasteiger partial charge >= 0.3 is 0 Å². The average Bonchev–Trinajstić information content (AvgIpc) is 2.34. The van der Waals surface area contributed by atoms with Crippen molar-refractivity contribution in [2.24, 2.45) is 0 Å². The van der Waals surface area contributed by atoms with Gasteiger partial charge in [-0.1, -0.05) is 29.8 Å². The maximum atomic E-state index is 4.29. The molecule has 94 valence electrons. The first-order valence-corrected chi connectivity index (χ1v) is 6.33. The number of aromatic nitrogens is 1. The Kier molecular flexibility index (Phi) is 4.11. The van der Waals surface area contributed by atoms with Gasteiger partial charge in [-0.05, 0) is 43.5 Å². The molecule has 0 saturated heterocycles. The summed E-state index contributed by atoms with van der Waals surface area (Å²) in [5.74, 6) is 0. The summed E-state index contributed by atoms with van der Waals surface area (Å²) in [6.07, 6.45) is 1.93. The molecule has 0 radical (unpaired) electrons. The van der Waals surface area contributed by atoms with Crippen LogP contribution in [0.4, 0.5) is 0 Å². The predicted octanol–water partition coefficient (Wildman–Crippen LogP) is 3.30. The Labute approximate surface area is 109 Å². The van der Waals surface area contributed by atoms with Gasteiger partial charge in [-0.2, -0.15) is 0 Å². The van der Waals surface area contributed by atoms with Gasteiger partial charge < -0.3 is 5.32 Å². The maximum Gasteiger partial charge on any atom is 0.0372 e. The van der Waals surface area contributed by atoms with Crippen LogP contribution in [0.15, 0.2) is 36.5 Å². The number of rotatable bonds is 4. The highest BCUT2D eigenvalue weighted by molar-refractivity contribution is 5.30. The molecule has 0 aliphatic heterocycles. The zero-order valence-corrected chi connectivity index (χ0v) is 11.3. The molecule has 0 unspecified atom stereocenters. The van der Waals surface area contributed by atoms with Crippen LogP contribution in [0.3, 0.4) is 0 Å². The molecule has 18 heavy (non-hydrogen) atoms. The molecule has 0 fully saturated rings. The number of nitrogens with zero attached hydrogens (tertiary/aromatic N) is 1. The van der Waals surface area contributed by atoms with E-state index in [-0.39, 0.29) is 0 Å². The van der Waals surface area contributed by atoms with E-state index in [0.717, 1.165) is 18.8 Å². The minimum Gasteiger partial charge on any atom is -0.309 e. The molecule has 2 rings (SSSR count). The summed E-state index contributed by atoms with van der Waals surface area (Å²) in [5.41, 5.74) is 6.32. The van der Waals surface area contributed by atoms with Crippen molar-refractivity contribution in [1.29, 1.82) is 0 Å². The third-order valence-corrected chi connectivity index (χ3v) is 3.12. The molecule has 0 aliphatic rings. The Morgan fingerprint density at radius 1 is 1.00 bits per heavy atom. The predicted molar refractivity (Wildman–Crippen MR) is 75.4 cm³/mol. The summed E-state index contributed by atoms with van der Waals surface area (Å²) < 4.78 is 0. The first-order valence-electron chi connectivity index (χ1n) is 6.33. The fraction of sp³-hybridized carbons (Fsp3) is 0.312. The van der Waals surface area contributed by atoms with Gasteiger partial charge in [-0.25, -0.2) is 0 Å². The standard InChI is InChI=1S/C16H20N2/c1-12-4-7-16(13(2)8-12)11-17-9-15-6-5-14(3)18-10-15/h4-8,10,17H,9,11H2,1-3H3. The largest absolute Gasteiger partial charge is 0.309 e. The topological polar surface area (TPSA) is 24.9 Å². The Morgan fingerprint density at radius 3 is 2.50 bits per heavy atom. The SMILES string of the molecule is Cc1ccc(CNCc2ccc(C)nc2)c(C)c1. The van der Waals surface area contributed by atoms with E-state index in [1.165, 1.54) is 22.3 Å². The number of nitrogens with one attached hydrogen (secondary N) is 1. The fourth-order valence-corrected chi connectivity index (χ4v) is 1.99. The number of hydrogen-bond donors (Lipinski definition) is 1. The lowest BCUT2D eigenvalue weighted by Crippen LogP contribution is -2.13. The number of hydrogen-bond acceptors (Lipinski definition) is 2. The zero-order valence-electron chi connectivity index (χ0n) is 11.3. The molecule has 2 nitrogen and oxygen atoms in total. The van der Waals surface area contributed by atoms with Gasteiger partial charge in [0, 0.05) is 25.0 Å². The van der Waals surface area contributed by atoms with Crippen molar-refractivity contribution in [3.8, 4) is 0 Å². The molecule has 2 heteroatoms. The van der Waals surface area contributed by atoms with Crippen LogP contribution in [0, 0.1) is 20.8 Å². The summed E-state index contributed by atoms with van der Waals surface area (Å²) in [6, 6.07) is 10.8. The second-order valence-corrected chi connectivity index (χ2v) is 4.84. The molecule has 0 spiro atoms. The first-order chi connectivity index (χ1) is 8.65. The number of pyridine rings is 1. The molecule has 0 amide bonds. The van der Waals surface area contributed by atoms with Crippen molar-refractivity contribution in [3.05, 3.63) is 64.5 Å². The van der Waals surface area contributed by atoms with Crippen LogP contribution in [0.5, 0.6) is 0 Å². The van der Waals surface area contributed by atoms with Crippen molar-refractivity contribution in [1.82, 2.24) is 10.3 Å². The summed E-state index contributed by atoms with van der Waals surface area (Å²) in [7, 11) is 0. The molecule has 0 atom stereocenters. The van der Waals surface area contributed by atoms with E-state index in [1.807, 2.05) is 19.2 Å². The zero-order chi connectivity index (χ0) is 13.0. The van der Waals surface area contributed by atoms with Gasteiger partial charge in [-0.3, -0.25) is 4.98 Å². The van der Waals surface area contributed by atoms with Crippen LogP contribution in [-0.2, 0) is 13.1 Å². The first kappa shape index (κ1) is 12.8. The normalized spacial score (nSPS) is 10.6. The van der Waals surface area contributed by atoms with Crippen molar-refractivity contribution in [2.45, 2.75) is 33.9 Å². The van der Waals surface area contributed by atoms with Gasteiger partial charge in [0.15, 0.2) is 0 Å². The third kappa shape index (κ3) is 3.41. The van der Waals surface area contributed by atoms with Gasteiger partial charge in [-0.15, -0.1) is 0 Å². The number of benzene rings is 1. The molecule has 1 aromatic carbocycles. The molecular formula is C16H20N2. The van der Waals surface area contributed by atoms with E-state index in [0.29, 0.717) is 0 Å². The van der Waals surface area contributed by atoms with Gasteiger partial charge in [0.2, 0.25) is 0 Å². The van der Waals surface area contributed by atoms with E-state index in [9.17, 15) is 0 Å². The van der Waals surface area contributed by atoms with Crippen molar-refractivity contribution >= 4 is 0 Å². The van der Waals surface area contributed by atoms with Crippen molar-refractivity contribution < 1.29 is 0 Å². The monoisotopic (exact) mass is 240 g/mol. The van der Waals surface area contributed by atoms with E-state index in [2.05, 4.69) is 48.4 Å². The summed E-state index contributed by atoms with van der Waals surface area (Å²) >= 11 is 0. The Bertz CT molecular complexity index is 515. The van der Waals surface area contributed by atoms with Crippen LogP contribution < -0.4 is 5.32 Å². The van der Waals surface area contributed by atoms with Crippen molar-refractivity contribution in [2.75, 3.05) is 0 Å². The van der Waals surface area contributed by atoms with Crippen LogP contribution in [0.2, 0.25) is 0 Å². The van der Waals surface area contributed by atoms with Crippen LogP contribution in [-0.4, -0.2) is 4.98 Å². The molecule has 1 heterocycles. The average molecular weight is 240 g/mol. The van der Waals surface area contributed by atoms with Crippen LogP contribution >= 0.6 is 0 Å². The Morgan fingerprint density at radius 2 is 1.83 bits per heavy atom. The molecule has 2 aromatic rings. The molecule has 1 aromatic heterocycles. The van der Waals surface area contributed by atoms with Crippen LogP contribution in [0.1, 0.15) is 27.9 Å². The second-order valence-electron chi connectivity index (χ2n) is 4.84. The van der Waals surface area contributed by atoms with Gasteiger partial charge in [0.1, 0.15) is 0 Å². The molecule has 0 aliphatic carbocycles. The molecule has 1 N–H and O–H groups in total. The molecule has 0 bridgehead atoms. The highest BCUT2D eigenvalue weighted by Gasteiger charge is 1.99. The summed E-state index contributed by atoms with van der Waals surface area (Å²) in [4.78, 5) is 4.29. The smallest absolute Gasteiger partial charge is 0.0372 e. The van der Waals surface area contributed by atoms with Gasteiger partial charge in [0.25, 0.3) is 0 Å². The van der Waals surface area contributed by atoms with Crippen LogP contribution in [0.25, 0.3) is 0 Å². The quantitative estimate of drug-likeness (QED) is 0.887. The maximum absolute atomic E-state index is 4.29. The lowest BCUT2D eigenvalue weighted by atomic mass is 10.1. The Balaban J connectivity index is 1.90. The Hall–Kier alpha value is -1.67. The van der Waals surface area contributed by atoms with E-state index >= 15 is 0 Å². The molecule has 0 saturated carbocycles. The summed E-state index contributed by atoms with van der Waals surface area (Å²) in [6.45, 7) is 8.06. The van der Waals surface area contributed by atoms with E-state index in [1.54, 1.807) is 0 Å². The minimum absolute atomic E-state index is 0.862. The van der Waals surface area contributed by atoms with E-state index < -0.39 is 0 Å². The van der Waals surface area contributed by atoms with Gasteiger partial charge in [0.05, 0.1) is 0 Å². The van der Waals surface area contributed by atoms with Crippen molar-refractivity contribution in [3.63, 3.8) is 0 Å². The fourth-order valence-electron chi connectivity index (χ4n) is 1.99. The lowest BCUT2D eigenvalue weighted by molar-refractivity contribution is 0.688.